The fraction of sp³-hybridized carbons (Fsp3) is 0.231. The standard InChI is InChI=1S/C13H13BrN2OS/c1-9-8-16-12(18-9)6-7-15-13(17)10-4-2-3-5-11(10)14/h2-5,8H,6-7H2,1H3,(H,15,17). The molecular formula is C13H13BrN2OS. The van der Waals surface area contributed by atoms with Gasteiger partial charge in [0, 0.05) is 28.5 Å². The molecule has 1 aromatic carbocycles. The first-order chi connectivity index (χ1) is 8.66. The van der Waals surface area contributed by atoms with E-state index >= 15 is 0 Å². The molecule has 0 aliphatic rings. The summed E-state index contributed by atoms with van der Waals surface area (Å²) in [6.07, 6.45) is 2.63. The van der Waals surface area contributed by atoms with E-state index in [-0.39, 0.29) is 5.91 Å². The quantitative estimate of drug-likeness (QED) is 0.938. The summed E-state index contributed by atoms with van der Waals surface area (Å²) in [6, 6.07) is 7.40. The molecule has 18 heavy (non-hydrogen) atoms. The average molecular weight is 325 g/mol. The first-order valence-electron chi connectivity index (χ1n) is 5.61. The maximum Gasteiger partial charge on any atom is 0.252 e. The van der Waals surface area contributed by atoms with Gasteiger partial charge in [-0.3, -0.25) is 4.79 Å². The van der Waals surface area contributed by atoms with Gasteiger partial charge >= 0.3 is 0 Å². The zero-order valence-electron chi connectivity index (χ0n) is 9.94. The Labute approximate surface area is 118 Å². The lowest BCUT2D eigenvalue weighted by molar-refractivity contribution is 0.0953. The van der Waals surface area contributed by atoms with Gasteiger partial charge < -0.3 is 5.32 Å². The molecule has 0 bridgehead atoms. The van der Waals surface area contributed by atoms with Crippen molar-refractivity contribution in [2.24, 2.45) is 0 Å². The SMILES string of the molecule is Cc1cnc(CCNC(=O)c2ccccc2Br)s1. The highest BCUT2D eigenvalue weighted by Crippen LogP contribution is 2.15. The van der Waals surface area contributed by atoms with E-state index in [1.54, 1.807) is 17.4 Å². The summed E-state index contributed by atoms with van der Waals surface area (Å²) < 4.78 is 0.813. The van der Waals surface area contributed by atoms with E-state index < -0.39 is 0 Å². The molecule has 3 nitrogen and oxygen atoms in total. The number of nitrogens with zero attached hydrogens (tertiary/aromatic N) is 1. The Balaban J connectivity index is 1.87. The molecule has 0 aliphatic heterocycles. The van der Waals surface area contributed by atoms with Crippen LogP contribution < -0.4 is 5.32 Å². The Hall–Kier alpha value is -1.20. The van der Waals surface area contributed by atoms with Crippen molar-refractivity contribution in [3.63, 3.8) is 0 Å². The number of aryl methyl sites for hydroxylation is 1. The Morgan fingerprint density at radius 2 is 2.22 bits per heavy atom. The predicted molar refractivity (Wildman–Crippen MR) is 77.0 cm³/mol. The lowest BCUT2D eigenvalue weighted by Gasteiger charge is -2.05. The average Bonchev–Trinajstić information content (AvgIpc) is 2.75. The van der Waals surface area contributed by atoms with Crippen molar-refractivity contribution in [2.45, 2.75) is 13.3 Å². The van der Waals surface area contributed by atoms with Crippen molar-refractivity contribution in [3.05, 3.63) is 50.4 Å². The zero-order valence-corrected chi connectivity index (χ0v) is 12.3. The summed E-state index contributed by atoms with van der Waals surface area (Å²) in [6.45, 7) is 2.63. The second-order valence-corrected chi connectivity index (χ2v) is 6.02. The number of hydrogen-bond donors (Lipinski definition) is 1. The van der Waals surface area contributed by atoms with Gasteiger partial charge in [0.05, 0.1) is 10.6 Å². The van der Waals surface area contributed by atoms with Crippen LogP contribution in [-0.2, 0) is 6.42 Å². The van der Waals surface area contributed by atoms with Crippen molar-refractivity contribution in [1.29, 1.82) is 0 Å². The molecule has 2 aromatic rings. The fourth-order valence-electron chi connectivity index (χ4n) is 1.54. The van der Waals surface area contributed by atoms with Gasteiger partial charge in [0.2, 0.25) is 0 Å². The fourth-order valence-corrected chi connectivity index (χ4v) is 2.79. The van der Waals surface area contributed by atoms with E-state index in [2.05, 4.69) is 26.2 Å². The minimum atomic E-state index is -0.0595. The lowest BCUT2D eigenvalue weighted by Crippen LogP contribution is -2.25. The number of thiazole rings is 1. The first kappa shape index (κ1) is 13.2. The second-order valence-electron chi connectivity index (χ2n) is 3.85. The van der Waals surface area contributed by atoms with Crippen LogP contribution in [0.1, 0.15) is 20.2 Å². The highest BCUT2D eigenvalue weighted by molar-refractivity contribution is 9.10. The van der Waals surface area contributed by atoms with Crippen molar-refractivity contribution in [2.75, 3.05) is 6.54 Å². The molecule has 0 saturated heterocycles. The van der Waals surface area contributed by atoms with Gasteiger partial charge in [0.25, 0.3) is 5.91 Å². The largest absolute Gasteiger partial charge is 0.352 e. The maximum atomic E-state index is 11.9. The normalized spacial score (nSPS) is 10.3. The lowest BCUT2D eigenvalue weighted by atomic mass is 10.2. The molecule has 0 spiro atoms. The molecular weight excluding hydrogens is 312 g/mol. The van der Waals surface area contributed by atoms with Crippen molar-refractivity contribution in [1.82, 2.24) is 10.3 Å². The maximum absolute atomic E-state index is 11.9. The number of carbonyl (C=O) groups is 1. The highest BCUT2D eigenvalue weighted by atomic mass is 79.9. The van der Waals surface area contributed by atoms with E-state index in [0.717, 1.165) is 15.9 Å². The van der Waals surface area contributed by atoms with Gasteiger partial charge in [0.15, 0.2) is 0 Å². The van der Waals surface area contributed by atoms with Gasteiger partial charge in [-0.2, -0.15) is 0 Å². The minimum Gasteiger partial charge on any atom is -0.352 e. The topological polar surface area (TPSA) is 42.0 Å². The van der Waals surface area contributed by atoms with Crippen molar-refractivity contribution >= 4 is 33.2 Å². The smallest absolute Gasteiger partial charge is 0.252 e. The molecule has 2 rings (SSSR count). The Morgan fingerprint density at radius 1 is 1.44 bits per heavy atom. The summed E-state index contributed by atoms with van der Waals surface area (Å²) in [5.74, 6) is -0.0595. The molecule has 1 aromatic heterocycles. The molecule has 0 saturated carbocycles. The van der Waals surface area contributed by atoms with Gasteiger partial charge in [-0.05, 0) is 35.0 Å². The third-order valence-electron chi connectivity index (χ3n) is 2.41. The number of amides is 1. The Kier molecular flexibility index (Phi) is 4.49. The number of rotatable bonds is 4. The van der Waals surface area contributed by atoms with Gasteiger partial charge in [-0.15, -0.1) is 11.3 Å². The number of benzene rings is 1. The van der Waals surface area contributed by atoms with Crippen LogP contribution in [0.15, 0.2) is 34.9 Å². The van der Waals surface area contributed by atoms with Crippen LogP contribution >= 0.6 is 27.3 Å². The molecule has 0 radical (unpaired) electrons. The summed E-state index contributed by atoms with van der Waals surface area (Å²) in [5, 5.41) is 3.95. The molecule has 5 heteroatoms. The predicted octanol–water partition coefficient (Wildman–Crippen LogP) is 3.19. The monoisotopic (exact) mass is 324 g/mol. The molecule has 0 aliphatic carbocycles. The number of nitrogens with one attached hydrogen (secondary N) is 1. The molecule has 1 N–H and O–H groups in total. The summed E-state index contributed by atoms with van der Waals surface area (Å²) in [7, 11) is 0. The van der Waals surface area contributed by atoms with Crippen LogP contribution in [0, 0.1) is 6.92 Å². The Morgan fingerprint density at radius 3 is 2.89 bits per heavy atom. The summed E-state index contributed by atoms with van der Waals surface area (Å²) in [4.78, 5) is 17.4. The van der Waals surface area contributed by atoms with Crippen LogP contribution in [0.5, 0.6) is 0 Å². The van der Waals surface area contributed by atoms with E-state index in [1.165, 1.54) is 4.88 Å². The molecule has 0 fully saturated rings. The molecule has 1 heterocycles. The summed E-state index contributed by atoms with van der Waals surface area (Å²) in [5.41, 5.74) is 0.660. The third-order valence-corrected chi connectivity index (χ3v) is 4.08. The van der Waals surface area contributed by atoms with E-state index in [0.29, 0.717) is 12.1 Å². The van der Waals surface area contributed by atoms with Gasteiger partial charge in [-0.1, -0.05) is 12.1 Å². The van der Waals surface area contributed by atoms with Crippen LogP contribution in [0.25, 0.3) is 0 Å². The van der Waals surface area contributed by atoms with Crippen molar-refractivity contribution < 1.29 is 4.79 Å². The van der Waals surface area contributed by atoms with E-state index in [9.17, 15) is 4.79 Å². The number of halogens is 1. The first-order valence-corrected chi connectivity index (χ1v) is 7.22. The molecule has 0 atom stereocenters. The van der Waals surface area contributed by atoms with Crippen LogP contribution in [-0.4, -0.2) is 17.4 Å². The molecule has 94 valence electrons. The van der Waals surface area contributed by atoms with Crippen LogP contribution in [0.4, 0.5) is 0 Å². The number of carbonyl (C=O) groups excluding carboxylic acids is 1. The van der Waals surface area contributed by atoms with E-state index in [4.69, 9.17) is 0 Å². The van der Waals surface area contributed by atoms with E-state index in [1.807, 2.05) is 31.3 Å². The minimum absolute atomic E-state index is 0.0595. The van der Waals surface area contributed by atoms with Crippen LogP contribution in [0.2, 0.25) is 0 Å². The number of hydrogen-bond acceptors (Lipinski definition) is 3. The number of aromatic nitrogens is 1. The zero-order chi connectivity index (χ0) is 13.0. The summed E-state index contributed by atoms with van der Waals surface area (Å²) >= 11 is 5.03. The second kappa shape index (κ2) is 6.11. The Bertz CT molecular complexity index is 553. The van der Waals surface area contributed by atoms with Crippen LogP contribution in [0.3, 0.4) is 0 Å². The third kappa shape index (κ3) is 3.40. The van der Waals surface area contributed by atoms with Gasteiger partial charge in [0.1, 0.15) is 0 Å². The van der Waals surface area contributed by atoms with Gasteiger partial charge in [-0.25, -0.2) is 4.98 Å². The highest BCUT2D eigenvalue weighted by Gasteiger charge is 2.08. The molecule has 0 unspecified atom stereocenters. The van der Waals surface area contributed by atoms with Crippen molar-refractivity contribution in [3.8, 4) is 0 Å². The molecule has 1 amide bonds.